The van der Waals surface area contributed by atoms with Crippen LogP contribution in [0.1, 0.15) is 24.3 Å². The van der Waals surface area contributed by atoms with E-state index >= 15 is 0 Å². The van der Waals surface area contributed by atoms with E-state index < -0.39 is 0 Å². The number of aromatic nitrogens is 1. The lowest BCUT2D eigenvalue weighted by Crippen LogP contribution is -2.52. The number of nitrogens with zero attached hydrogens (tertiary/aromatic N) is 2. The monoisotopic (exact) mass is 331 g/mol. The molecule has 0 spiro atoms. The molecular formula is C17H21N3O2S. The predicted octanol–water partition coefficient (Wildman–Crippen LogP) is 2.64. The van der Waals surface area contributed by atoms with E-state index in [1.165, 1.54) is 11.3 Å². The van der Waals surface area contributed by atoms with Crippen molar-refractivity contribution < 1.29 is 9.53 Å². The highest BCUT2D eigenvalue weighted by Crippen LogP contribution is 2.26. The first-order valence-corrected chi connectivity index (χ1v) is 8.77. The first-order valence-electron chi connectivity index (χ1n) is 7.89. The van der Waals surface area contributed by atoms with Crippen molar-refractivity contribution in [3.05, 3.63) is 35.3 Å². The van der Waals surface area contributed by atoms with E-state index in [0.717, 1.165) is 36.0 Å². The fourth-order valence-electron chi connectivity index (χ4n) is 2.65. The van der Waals surface area contributed by atoms with Gasteiger partial charge in [-0.1, -0.05) is 0 Å². The summed E-state index contributed by atoms with van der Waals surface area (Å²) in [6, 6.07) is 8.02. The normalized spacial score (nSPS) is 18.0. The van der Waals surface area contributed by atoms with Gasteiger partial charge in [-0.15, -0.1) is 11.3 Å². The van der Waals surface area contributed by atoms with Crippen LogP contribution < -0.4 is 10.1 Å². The van der Waals surface area contributed by atoms with Crippen LogP contribution in [0.4, 0.5) is 0 Å². The van der Waals surface area contributed by atoms with Crippen LogP contribution in [0.2, 0.25) is 0 Å². The number of benzene rings is 1. The van der Waals surface area contributed by atoms with Crippen molar-refractivity contribution >= 4 is 17.2 Å². The average Bonchev–Trinajstić information content (AvgIpc) is 3.06. The van der Waals surface area contributed by atoms with Crippen molar-refractivity contribution in [1.29, 1.82) is 0 Å². The number of hydrogen-bond acceptors (Lipinski definition) is 5. The van der Waals surface area contributed by atoms with Gasteiger partial charge in [-0.25, -0.2) is 4.98 Å². The Morgan fingerprint density at radius 1 is 1.43 bits per heavy atom. The maximum atomic E-state index is 12.6. The van der Waals surface area contributed by atoms with Gasteiger partial charge in [-0.2, -0.15) is 0 Å². The molecule has 5 nitrogen and oxygen atoms in total. The molecule has 0 unspecified atom stereocenters. The molecule has 1 aromatic carbocycles. The molecule has 0 radical (unpaired) electrons. The minimum atomic E-state index is 0.0208. The molecule has 1 aliphatic heterocycles. The molecule has 1 saturated heterocycles. The third-order valence-corrected chi connectivity index (χ3v) is 4.79. The van der Waals surface area contributed by atoms with Crippen molar-refractivity contribution in [2.24, 2.45) is 0 Å². The molecule has 0 bridgehead atoms. The van der Waals surface area contributed by atoms with Gasteiger partial charge in [0.25, 0.3) is 5.91 Å². The third kappa shape index (κ3) is 3.54. The van der Waals surface area contributed by atoms with Crippen molar-refractivity contribution in [1.82, 2.24) is 15.2 Å². The van der Waals surface area contributed by atoms with Gasteiger partial charge in [0.05, 0.1) is 6.61 Å². The summed E-state index contributed by atoms with van der Waals surface area (Å²) in [5, 5.41) is 6.00. The summed E-state index contributed by atoms with van der Waals surface area (Å²) < 4.78 is 5.45. The van der Waals surface area contributed by atoms with Gasteiger partial charge in [0.15, 0.2) is 0 Å². The van der Waals surface area contributed by atoms with Crippen LogP contribution in [0.3, 0.4) is 0 Å². The fourth-order valence-corrected chi connectivity index (χ4v) is 3.45. The number of thiazole rings is 1. The van der Waals surface area contributed by atoms with Crippen LogP contribution in [0, 0.1) is 0 Å². The first-order chi connectivity index (χ1) is 11.2. The van der Waals surface area contributed by atoms with Gasteiger partial charge in [-0.3, -0.25) is 4.79 Å². The molecule has 23 heavy (non-hydrogen) atoms. The number of amides is 1. The van der Waals surface area contributed by atoms with E-state index in [4.69, 9.17) is 4.74 Å². The molecule has 0 saturated carbocycles. The molecule has 1 fully saturated rings. The average molecular weight is 331 g/mol. The first kappa shape index (κ1) is 16.0. The Morgan fingerprint density at radius 2 is 2.22 bits per heavy atom. The minimum absolute atomic E-state index is 0.0208. The lowest BCUT2D eigenvalue weighted by atomic mass is 10.2. The van der Waals surface area contributed by atoms with Crippen molar-refractivity contribution in [3.8, 4) is 16.3 Å². The zero-order valence-corrected chi connectivity index (χ0v) is 14.2. The lowest BCUT2D eigenvalue weighted by molar-refractivity contribution is 0.0650. The Balaban J connectivity index is 1.75. The van der Waals surface area contributed by atoms with Crippen LogP contribution in [0.25, 0.3) is 10.6 Å². The summed E-state index contributed by atoms with van der Waals surface area (Å²) in [6.45, 7) is 7.08. The standard InChI is InChI=1S/C17H21N3O2S/c1-3-22-14-6-4-13(5-7-14)16-19-15(11-23-16)17(21)20-9-8-18-10-12(20)2/h4-7,11-12,18H,3,8-10H2,1-2H3/t12-/m0/s1. The topological polar surface area (TPSA) is 54.5 Å². The number of hydrogen-bond donors (Lipinski definition) is 1. The van der Waals surface area contributed by atoms with Crippen molar-refractivity contribution in [2.75, 3.05) is 26.2 Å². The predicted molar refractivity (Wildman–Crippen MR) is 92.1 cm³/mol. The SMILES string of the molecule is CCOc1ccc(-c2nc(C(=O)N3CCNC[C@@H]3C)cs2)cc1. The summed E-state index contributed by atoms with van der Waals surface area (Å²) in [4.78, 5) is 19.0. The highest BCUT2D eigenvalue weighted by molar-refractivity contribution is 7.13. The van der Waals surface area contributed by atoms with Crippen LogP contribution in [-0.4, -0.2) is 48.1 Å². The van der Waals surface area contributed by atoms with Crippen LogP contribution >= 0.6 is 11.3 Å². The maximum Gasteiger partial charge on any atom is 0.273 e. The second kappa shape index (κ2) is 7.10. The zero-order valence-electron chi connectivity index (χ0n) is 13.4. The highest BCUT2D eigenvalue weighted by atomic mass is 32.1. The number of nitrogens with one attached hydrogen (secondary N) is 1. The second-order valence-electron chi connectivity index (χ2n) is 5.55. The molecule has 2 heterocycles. The molecule has 2 aromatic rings. The summed E-state index contributed by atoms with van der Waals surface area (Å²) in [5.41, 5.74) is 1.54. The Hall–Kier alpha value is -1.92. The number of rotatable bonds is 4. The van der Waals surface area contributed by atoms with E-state index in [9.17, 15) is 4.79 Å². The highest BCUT2D eigenvalue weighted by Gasteiger charge is 2.25. The Kier molecular flexibility index (Phi) is 4.93. The van der Waals surface area contributed by atoms with Crippen LogP contribution in [0.15, 0.2) is 29.6 Å². The van der Waals surface area contributed by atoms with Crippen LogP contribution in [0.5, 0.6) is 5.75 Å². The third-order valence-electron chi connectivity index (χ3n) is 3.90. The smallest absolute Gasteiger partial charge is 0.273 e. The van der Waals surface area contributed by atoms with Gasteiger partial charge in [0, 0.05) is 36.6 Å². The van der Waals surface area contributed by atoms with Crippen molar-refractivity contribution in [3.63, 3.8) is 0 Å². The molecule has 1 N–H and O–H groups in total. The fraction of sp³-hybridized carbons (Fsp3) is 0.412. The Morgan fingerprint density at radius 3 is 2.91 bits per heavy atom. The molecule has 122 valence electrons. The van der Waals surface area contributed by atoms with E-state index in [0.29, 0.717) is 12.3 Å². The van der Waals surface area contributed by atoms with Gasteiger partial charge in [-0.05, 0) is 38.1 Å². The molecule has 1 amide bonds. The van der Waals surface area contributed by atoms with Gasteiger partial charge in [0.2, 0.25) is 0 Å². The van der Waals surface area contributed by atoms with Crippen molar-refractivity contribution in [2.45, 2.75) is 19.9 Å². The number of carbonyl (C=O) groups is 1. The van der Waals surface area contributed by atoms with E-state index in [1.54, 1.807) is 0 Å². The number of piperazine rings is 1. The second-order valence-corrected chi connectivity index (χ2v) is 6.41. The van der Waals surface area contributed by atoms with Gasteiger partial charge >= 0.3 is 0 Å². The molecule has 1 aliphatic rings. The molecule has 6 heteroatoms. The Labute approximate surface area is 140 Å². The molecule has 0 aliphatic carbocycles. The minimum Gasteiger partial charge on any atom is -0.494 e. The molecule has 1 aromatic heterocycles. The maximum absolute atomic E-state index is 12.6. The Bertz CT molecular complexity index is 669. The number of carbonyl (C=O) groups excluding carboxylic acids is 1. The summed E-state index contributed by atoms with van der Waals surface area (Å²) >= 11 is 1.50. The zero-order chi connectivity index (χ0) is 16.2. The van der Waals surface area contributed by atoms with E-state index in [2.05, 4.69) is 17.2 Å². The van der Waals surface area contributed by atoms with Gasteiger partial charge in [0.1, 0.15) is 16.5 Å². The summed E-state index contributed by atoms with van der Waals surface area (Å²) in [6.07, 6.45) is 0. The van der Waals surface area contributed by atoms with E-state index in [1.807, 2.05) is 41.5 Å². The van der Waals surface area contributed by atoms with Gasteiger partial charge < -0.3 is 15.0 Å². The molecular weight excluding hydrogens is 310 g/mol. The quantitative estimate of drug-likeness (QED) is 0.936. The van der Waals surface area contributed by atoms with E-state index in [-0.39, 0.29) is 11.9 Å². The number of ether oxygens (including phenoxy) is 1. The molecule has 1 atom stereocenters. The summed E-state index contributed by atoms with van der Waals surface area (Å²) in [7, 11) is 0. The summed E-state index contributed by atoms with van der Waals surface area (Å²) in [5.74, 6) is 0.867. The lowest BCUT2D eigenvalue weighted by Gasteiger charge is -2.33. The largest absolute Gasteiger partial charge is 0.494 e. The van der Waals surface area contributed by atoms with Crippen LogP contribution in [-0.2, 0) is 0 Å². The molecule has 3 rings (SSSR count).